The van der Waals surface area contributed by atoms with Gasteiger partial charge in [-0.25, -0.2) is 19.6 Å². The van der Waals surface area contributed by atoms with Crippen molar-refractivity contribution < 1.29 is 240 Å². The largest absolute Gasteiger partial charge is 1.00 e. The normalized spacial score (nSPS) is 11.3. The number of benzene rings is 6. The molecule has 628 valence electrons. The molecule has 0 aliphatic carbocycles. The molecule has 34 heteroatoms. The van der Waals surface area contributed by atoms with E-state index >= 15 is 0 Å². The number of hydrogen-bond donors (Lipinski definition) is 5. The molecule has 0 aliphatic heterocycles. The molecule has 8 rings (SSSR count). The molecule has 0 spiro atoms. The number of ether oxygens (including phenoxy) is 9. The number of pyridine rings is 2. The molecule has 0 bridgehead atoms. The summed E-state index contributed by atoms with van der Waals surface area (Å²) in [5, 5.41) is 36.9. The van der Waals surface area contributed by atoms with Gasteiger partial charge < -0.3 is 80.6 Å². The van der Waals surface area contributed by atoms with Gasteiger partial charge in [0.25, 0.3) is 6.47 Å². The maximum atomic E-state index is 13.1. The number of phenols is 1. The third-order valence-electron chi connectivity index (χ3n) is 16.9. The number of nitrogens with zero attached hydrogens (tertiary/aromatic N) is 7. The van der Waals surface area contributed by atoms with Crippen molar-refractivity contribution in [3.05, 3.63) is 191 Å². The molecule has 0 aliphatic rings. The van der Waals surface area contributed by atoms with Crippen LogP contribution in [0.5, 0.6) is 11.5 Å². The van der Waals surface area contributed by atoms with E-state index in [4.69, 9.17) is 58.2 Å². The first-order chi connectivity index (χ1) is 56.1. The number of hydrogen-bond acceptors (Lipinski definition) is 24. The molecule has 6 amide bonds. The number of phenolic OH excluding ortho intramolecular Hbond substituents is 1. The molecule has 2 heterocycles. The van der Waals surface area contributed by atoms with Crippen LogP contribution in [0.2, 0.25) is 0 Å². The van der Waals surface area contributed by atoms with Crippen molar-refractivity contribution in [2.75, 3.05) is 116 Å². The molecule has 0 unspecified atom stereocenters. The third-order valence-corrected chi connectivity index (χ3v) is 16.9. The molecule has 2 aromatic heterocycles. The summed E-state index contributed by atoms with van der Waals surface area (Å²) >= 11 is 0. The number of azide groups is 1. The van der Waals surface area contributed by atoms with Crippen LogP contribution in [0, 0.1) is 13.8 Å². The molecule has 8 aromatic rings. The Hall–Kier alpha value is -8.22. The topological polar surface area (TPSA) is 418 Å². The van der Waals surface area contributed by atoms with Gasteiger partial charge in [0.2, 0.25) is 23.6 Å². The minimum atomic E-state index is -0.733. The van der Waals surface area contributed by atoms with Crippen LogP contribution in [0.4, 0.5) is 21.2 Å². The minimum absolute atomic E-state index is 0. The van der Waals surface area contributed by atoms with E-state index in [-0.39, 0.29) is 222 Å². The van der Waals surface area contributed by atoms with Gasteiger partial charge in [-0.1, -0.05) is 102 Å². The number of methoxy groups -OCH3 is 2. The van der Waals surface area contributed by atoms with Gasteiger partial charge in [0.15, 0.2) is 0 Å². The number of aromatic nitrogens is 2. The molecule has 0 fully saturated rings. The smallest absolute Gasteiger partial charge is 1.00 e. The van der Waals surface area contributed by atoms with Crippen LogP contribution in [-0.4, -0.2) is 187 Å². The fourth-order valence-corrected chi connectivity index (χ4v) is 11.5. The van der Waals surface area contributed by atoms with Crippen LogP contribution in [-0.2, 0) is 76.3 Å². The van der Waals surface area contributed by atoms with E-state index in [1.807, 2.05) is 123 Å². The van der Waals surface area contributed by atoms with Crippen molar-refractivity contribution >= 4 is 87.4 Å². The van der Waals surface area contributed by atoms with E-state index in [1.54, 1.807) is 90.3 Å². The zero-order chi connectivity index (χ0) is 85.1. The second-order valence-electron chi connectivity index (χ2n) is 28.3. The number of amides is 6. The van der Waals surface area contributed by atoms with Crippen molar-refractivity contribution in [1.82, 2.24) is 31.2 Å². The summed E-state index contributed by atoms with van der Waals surface area (Å²) < 4.78 is 48.9. The van der Waals surface area contributed by atoms with Gasteiger partial charge in [-0.2, -0.15) is 0 Å². The average molecular weight is 1880 g/mol. The Balaban J connectivity index is 0.000000601. The number of carbonyl (C=O) groups excluding carboxylic acids is 9. The SMILES string of the molecule is COC(=O)C[C@H](NC(=O)CNC(=O)CCCN(C(=O)OC(C)(C)C)c1cc(C)ccn1)c1ccc(-c2cc(O)cc3ccccc23)cc1.COC(=O)C[C@H](NC(=O)CNC(=O)CCCN(C(=O)OC(C)(C)C)c1cc(C)ccn1)c1ccc(-c2cc(OCCOCCOCCOCCOCCN=[N+]=[N-])cc3ccccc23)cc1.O=CO[O-].[Cs+].[Cs+].[H-]. The van der Waals surface area contributed by atoms with Crippen molar-refractivity contribution in [2.45, 2.75) is 117 Å². The first kappa shape index (κ1) is 103. The van der Waals surface area contributed by atoms with Crippen LogP contribution >= 0.6 is 0 Å². The molecule has 5 N–H and O–H groups in total. The zero-order valence-corrected chi connectivity index (χ0v) is 82.2. The van der Waals surface area contributed by atoms with Crippen molar-refractivity contribution in [1.29, 1.82) is 0 Å². The standard InChI is InChI=1S/C47H61N7O11.C37H42N4O7.CH2O3.2Cs.H/c1-34-16-17-49-42(29-34)54(46(58)65-47(2,3)4)19-8-11-43(55)50-33-44(56)52-41(32-45(57)59-5)36-14-12-35(13-15-36)40-31-38(30-37-9-6-7-10-39(37)40)64-28-27-63-26-25-62-24-23-61-22-21-60-20-18-51-53-48;1-24-16-17-38-32(19-24)41(36(46)48-37(2,3)4)18-8-11-33(43)39-23-34(44)40-31(22-35(45)47-5)26-14-12-25(13-15-26)30-21-28(42)20-27-9-6-7-10-29(27)30;2-1-4-3;;;/h6-7,9-10,12-17,29-31,41H,8,11,18-28,32-33H2,1-5H3,(H,50,55)(H,52,56);6-7,9-10,12-17,19-21,31,42H,8,11,18,22-23H2,1-5H3,(H,39,43)(H,40,44);1,3H;;;/q;;;2*+1;-1/p-1/t41-;31-;;;;/m00..../s1. The van der Waals surface area contributed by atoms with E-state index < -0.39 is 59.2 Å². The van der Waals surface area contributed by atoms with Gasteiger partial charge in [0.1, 0.15) is 40.9 Å². The van der Waals surface area contributed by atoms with Crippen molar-refractivity contribution in [2.24, 2.45) is 5.11 Å². The number of fused-ring (bicyclic) bond motifs is 2. The van der Waals surface area contributed by atoms with Crippen molar-refractivity contribution in [3.63, 3.8) is 0 Å². The molecule has 6 aromatic carbocycles. The minimum Gasteiger partial charge on any atom is -1.00 e. The maximum absolute atomic E-state index is 13.1. The van der Waals surface area contributed by atoms with Gasteiger partial charge in [0.05, 0.1) is 105 Å². The predicted octanol–water partition coefficient (Wildman–Crippen LogP) is 5.55. The zero-order valence-electron chi connectivity index (χ0n) is 70.6. The number of esters is 2. The molecular weight excluding hydrogens is 1780 g/mol. The second-order valence-corrected chi connectivity index (χ2v) is 28.3. The summed E-state index contributed by atoms with van der Waals surface area (Å²) in [6.07, 6.45) is 2.49. The summed E-state index contributed by atoms with van der Waals surface area (Å²) in [5.41, 5.74) is 13.5. The Morgan fingerprint density at radius 1 is 0.546 bits per heavy atom. The quantitative estimate of drug-likeness (QED) is 0.00360. The summed E-state index contributed by atoms with van der Waals surface area (Å²) in [6.45, 7) is 17.8. The Morgan fingerprint density at radius 3 is 1.34 bits per heavy atom. The first-order valence-electron chi connectivity index (χ1n) is 37.9. The number of anilines is 2. The molecule has 32 nitrogen and oxygen atoms in total. The maximum Gasteiger partial charge on any atom is 1.00 e. The Bertz CT molecular complexity index is 4610. The van der Waals surface area contributed by atoms with E-state index in [0.29, 0.717) is 101 Å². The van der Waals surface area contributed by atoms with Gasteiger partial charge in [-0.05, 0) is 188 Å². The van der Waals surface area contributed by atoms with Crippen LogP contribution in [0.1, 0.15) is 116 Å². The second kappa shape index (κ2) is 55.7. The van der Waals surface area contributed by atoms with Crippen LogP contribution < -0.4 is 179 Å². The van der Waals surface area contributed by atoms with E-state index in [0.717, 1.165) is 54.9 Å². The molecule has 0 saturated heterocycles. The van der Waals surface area contributed by atoms with Crippen LogP contribution in [0.3, 0.4) is 0 Å². The summed E-state index contributed by atoms with van der Waals surface area (Å²) in [6, 6.07) is 43.6. The molecular formula is C85H105Cs2N11O21. The van der Waals surface area contributed by atoms with E-state index in [9.17, 15) is 43.5 Å². The number of nitrogens with one attached hydrogen (secondary N) is 4. The summed E-state index contributed by atoms with van der Waals surface area (Å²) in [5.74, 6) is -1.11. The van der Waals surface area contributed by atoms with Crippen LogP contribution in [0.15, 0.2) is 163 Å². The number of carbonyl (C=O) groups is 9. The Kier molecular flexibility index (Phi) is 48.2. The van der Waals surface area contributed by atoms with Crippen LogP contribution in [0.25, 0.3) is 54.2 Å². The first-order valence-corrected chi connectivity index (χ1v) is 37.9. The number of aryl methyl sites for hydroxylation is 2. The fourth-order valence-electron chi connectivity index (χ4n) is 11.5. The van der Waals surface area contributed by atoms with Gasteiger partial charge in [-0.3, -0.25) is 43.4 Å². The number of rotatable bonds is 41. The van der Waals surface area contributed by atoms with Gasteiger partial charge >= 0.3 is 162 Å². The average Bonchev–Trinajstić information content (AvgIpc) is 0.822. The summed E-state index contributed by atoms with van der Waals surface area (Å²) in [7, 11) is 2.55. The van der Waals surface area contributed by atoms with Gasteiger partial charge in [0, 0.05) is 49.8 Å². The Labute approximate surface area is 811 Å². The monoisotopic (exact) mass is 1880 g/mol. The molecule has 0 radical (unpaired) electrons. The van der Waals surface area contributed by atoms with E-state index in [1.165, 1.54) is 24.0 Å². The molecule has 2 atom stereocenters. The van der Waals surface area contributed by atoms with E-state index in [2.05, 4.69) is 46.1 Å². The number of aromatic hydroxyl groups is 1. The summed E-state index contributed by atoms with van der Waals surface area (Å²) in [4.78, 5) is 127. The Morgan fingerprint density at radius 2 is 0.941 bits per heavy atom. The third kappa shape index (κ3) is 39.0. The fraction of sp³-hybridized carbons (Fsp3) is 0.400. The molecule has 0 saturated carbocycles. The predicted molar refractivity (Wildman–Crippen MR) is 436 cm³/mol. The van der Waals surface area contributed by atoms with Crippen molar-refractivity contribution in [3.8, 4) is 33.8 Å². The van der Waals surface area contributed by atoms with Gasteiger partial charge in [-0.15, -0.1) is 0 Å². The molecule has 119 heavy (non-hydrogen) atoms.